The molecule has 0 radical (unpaired) electrons. The van der Waals surface area contributed by atoms with Crippen LogP contribution in [0.3, 0.4) is 0 Å². The molecule has 0 heterocycles. The Bertz CT molecular complexity index is 646. The van der Waals surface area contributed by atoms with Crippen LogP contribution in [0.1, 0.15) is 18.1 Å². The smallest absolute Gasteiger partial charge is 0.137 e. The first kappa shape index (κ1) is 17.4. The molecule has 2 nitrogen and oxygen atoms in total. The first-order valence-electron chi connectivity index (χ1n) is 7.02. The van der Waals surface area contributed by atoms with E-state index in [4.69, 9.17) is 39.5 Å². The van der Waals surface area contributed by atoms with Crippen molar-refractivity contribution in [3.8, 4) is 5.75 Å². The normalized spacial score (nSPS) is 11.0. The molecule has 0 saturated carbocycles. The second kappa shape index (κ2) is 8.07. The van der Waals surface area contributed by atoms with Crippen molar-refractivity contribution in [3.05, 3.63) is 62.6 Å². The molecule has 0 bridgehead atoms. The van der Waals surface area contributed by atoms with Crippen LogP contribution in [0.15, 0.2) is 36.4 Å². The minimum atomic E-state index is 0.579. The monoisotopic (exact) mass is 357 g/mol. The van der Waals surface area contributed by atoms with Crippen molar-refractivity contribution >= 4 is 34.8 Å². The van der Waals surface area contributed by atoms with Crippen molar-refractivity contribution < 1.29 is 4.74 Å². The van der Waals surface area contributed by atoms with Gasteiger partial charge in [-0.05, 0) is 41.9 Å². The maximum absolute atomic E-state index is 6.18. The fourth-order valence-corrected chi connectivity index (χ4v) is 2.84. The van der Waals surface area contributed by atoms with Crippen molar-refractivity contribution in [3.63, 3.8) is 0 Å². The first-order valence-corrected chi connectivity index (χ1v) is 8.15. The number of nitrogens with zero attached hydrogens (tertiary/aromatic N) is 1. The van der Waals surface area contributed by atoms with Gasteiger partial charge in [0.1, 0.15) is 5.75 Å². The lowest BCUT2D eigenvalue weighted by molar-refractivity contribution is 0.271. The van der Waals surface area contributed by atoms with Gasteiger partial charge in [0, 0.05) is 13.1 Å². The van der Waals surface area contributed by atoms with Gasteiger partial charge < -0.3 is 4.74 Å². The summed E-state index contributed by atoms with van der Waals surface area (Å²) in [4.78, 5) is 2.30. The van der Waals surface area contributed by atoms with Gasteiger partial charge in [0.2, 0.25) is 0 Å². The molecule has 2 rings (SSSR count). The van der Waals surface area contributed by atoms with Gasteiger partial charge in [-0.1, -0.05) is 53.9 Å². The molecule has 0 amide bonds. The zero-order valence-corrected chi connectivity index (χ0v) is 14.8. The van der Waals surface area contributed by atoms with E-state index in [1.54, 1.807) is 7.11 Å². The van der Waals surface area contributed by atoms with Gasteiger partial charge in [0.25, 0.3) is 0 Å². The molecule has 0 saturated heterocycles. The molecular formula is C17H18Cl3NO. The standard InChI is InChI=1S/C17H18Cl3NO/c1-3-21(10-12-4-6-14(18)15(19)8-12)11-13-5-7-17(22-2)16(20)9-13/h4-9H,3,10-11H2,1-2H3. The zero-order valence-electron chi connectivity index (χ0n) is 12.6. The summed E-state index contributed by atoms with van der Waals surface area (Å²) in [5, 5.41) is 1.80. The average Bonchev–Trinajstić information content (AvgIpc) is 2.50. The highest BCUT2D eigenvalue weighted by atomic mass is 35.5. The van der Waals surface area contributed by atoms with E-state index in [0.29, 0.717) is 20.8 Å². The second-order valence-electron chi connectivity index (χ2n) is 5.02. The number of halogens is 3. The molecule has 5 heteroatoms. The summed E-state index contributed by atoms with van der Waals surface area (Å²) in [6, 6.07) is 11.6. The van der Waals surface area contributed by atoms with Gasteiger partial charge in [-0.2, -0.15) is 0 Å². The topological polar surface area (TPSA) is 12.5 Å². The fourth-order valence-electron chi connectivity index (χ4n) is 2.24. The summed E-state index contributed by atoms with van der Waals surface area (Å²) < 4.78 is 5.18. The SMILES string of the molecule is CCN(Cc1ccc(Cl)c(Cl)c1)Cc1ccc(OC)c(Cl)c1. The molecule has 22 heavy (non-hydrogen) atoms. The Kier molecular flexibility index (Phi) is 6.39. The molecule has 0 unspecified atom stereocenters. The van der Waals surface area contributed by atoms with Crippen LogP contribution in [0.25, 0.3) is 0 Å². The van der Waals surface area contributed by atoms with Gasteiger partial charge in [0.15, 0.2) is 0 Å². The Morgan fingerprint density at radius 2 is 1.45 bits per heavy atom. The average molecular weight is 359 g/mol. The van der Waals surface area contributed by atoms with Gasteiger partial charge in [-0.15, -0.1) is 0 Å². The van der Waals surface area contributed by atoms with Crippen LogP contribution in [0, 0.1) is 0 Å². The minimum Gasteiger partial charge on any atom is -0.495 e. The summed E-state index contributed by atoms with van der Waals surface area (Å²) in [7, 11) is 1.61. The van der Waals surface area contributed by atoms with Gasteiger partial charge >= 0.3 is 0 Å². The summed E-state index contributed by atoms with van der Waals surface area (Å²) in [6.07, 6.45) is 0. The third-order valence-electron chi connectivity index (χ3n) is 3.46. The lowest BCUT2D eigenvalue weighted by Gasteiger charge is -2.21. The minimum absolute atomic E-state index is 0.579. The van der Waals surface area contributed by atoms with Crippen LogP contribution in [-0.2, 0) is 13.1 Å². The van der Waals surface area contributed by atoms with Gasteiger partial charge in [-0.3, -0.25) is 4.90 Å². The molecule has 0 N–H and O–H groups in total. The number of hydrogen-bond acceptors (Lipinski definition) is 2. The molecule has 118 valence electrons. The summed E-state index contributed by atoms with van der Waals surface area (Å²) in [5.74, 6) is 0.693. The van der Waals surface area contributed by atoms with E-state index in [9.17, 15) is 0 Å². The van der Waals surface area contributed by atoms with Crippen LogP contribution in [0.5, 0.6) is 5.75 Å². The third kappa shape index (κ3) is 4.53. The Hall–Kier alpha value is -0.930. The maximum atomic E-state index is 6.18. The molecule has 0 atom stereocenters. The van der Waals surface area contributed by atoms with Crippen molar-refractivity contribution in [1.29, 1.82) is 0 Å². The van der Waals surface area contributed by atoms with Gasteiger partial charge in [-0.25, -0.2) is 0 Å². The molecule has 0 spiro atoms. The predicted molar refractivity (Wildman–Crippen MR) is 94.3 cm³/mol. The van der Waals surface area contributed by atoms with E-state index in [2.05, 4.69) is 11.8 Å². The van der Waals surface area contributed by atoms with Crippen LogP contribution >= 0.6 is 34.8 Å². The molecule has 0 fully saturated rings. The Morgan fingerprint density at radius 1 is 0.864 bits per heavy atom. The number of rotatable bonds is 6. The lowest BCUT2D eigenvalue weighted by Crippen LogP contribution is -2.22. The highest BCUT2D eigenvalue weighted by molar-refractivity contribution is 6.42. The van der Waals surface area contributed by atoms with Crippen molar-refractivity contribution in [2.45, 2.75) is 20.0 Å². The Labute approximate surface area is 146 Å². The van der Waals surface area contributed by atoms with E-state index in [-0.39, 0.29) is 0 Å². The molecule has 2 aromatic carbocycles. The van der Waals surface area contributed by atoms with E-state index in [1.165, 1.54) is 0 Å². The lowest BCUT2D eigenvalue weighted by atomic mass is 10.1. The summed E-state index contributed by atoms with van der Waals surface area (Å²) >= 11 is 18.2. The van der Waals surface area contributed by atoms with E-state index >= 15 is 0 Å². The van der Waals surface area contributed by atoms with Crippen LogP contribution < -0.4 is 4.74 Å². The number of benzene rings is 2. The highest BCUT2D eigenvalue weighted by Gasteiger charge is 2.09. The summed E-state index contributed by atoms with van der Waals surface area (Å²) in [5.41, 5.74) is 2.28. The first-order chi connectivity index (χ1) is 10.5. The quantitative estimate of drug-likeness (QED) is 0.659. The van der Waals surface area contributed by atoms with E-state index in [1.807, 2.05) is 36.4 Å². The van der Waals surface area contributed by atoms with Crippen LogP contribution in [0.4, 0.5) is 0 Å². The molecule has 0 aliphatic carbocycles. The number of ether oxygens (including phenoxy) is 1. The maximum Gasteiger partial charge on any atom is 0.137 e. The largest absolute Gasteiger partial charge is 0.495 e. The number of hydrogen-bond donors (Lipinski definition) is 0. The van der Waals surface area contributed by atoms with Crippen LogP contribution in [0.2, 0.25) is 15.1 Å². The Balaban J connectivity index is 2.08. The number of methoxy groups -OCH3 is 1. The predicted octanol–water partition coefficient (Wildman–Crippen LogP) is 5.68. The van der Waals surface area contributed by atoms with Crippen LogP contribution in [-0.4, -0.2) is 18.6 Å². The van der Waals surface area contributed by atoms with E-state index < -0.39 is 0 Å². The molecular weight excluding hydrogens is 341 g/mol. The molecule has 2 aromatic rings. The summed E-state index contributed by atoms with van der Waals surface area (Å²) in [6.45, 7) is 4.66. The van der Waals surface area contributed by atoms with E-state index in [0.717, 1.165) is 30.8 Å². The van der Waals surface area contributed by atoms with Crippen molar-refractivity contribution in [1.82, 2.24) is 4.90 Å². The van der Waals surface area contributed by atoms with Crippen molar-refractivity contribution in [2.24, 2.45) is 0 Å². The zero-order chi connectivity index (χ0) is 16.1. The fraction of sp³-hybridized carbons (Fsp3) is 0.294. The van der Waals surface area contributed by atoms with Crippen molar-refractivity contribution in [2.75, 3.05) is 13.7 Å². The molecule has 0 aliphatic heterocycles. The van der Waals surface area contributed by atoms with Gasteiger partial charge in [0.05, 0.1) is 22.2 Å². The molecule has 0 aromatic heterocycles. The highest BCUT2D eigenvalue weighted by Crippen LogP contribution is 2.26. The third-order valence-corrected chi connectivity index (χ3v) is 4.49. The molecule has 0 aliphatic rings. The second-order valence-corrected chi connectivity index (χ2v) is 6.24. The Morgan fingerprint density at radius 3 is 1.95 bits per heavy atom.